The minimum absolute atomic E-state index is 0.0243. The predicted octanol–water partition coefficient (Wildman–Crippen LogP) is 3.16. The van der Waals surface area contributed by atoms with E-state index in [1.54, 1.807) is 12.1 Å². The van der Waals surface area contributed by atoms with Gasteiger partial charge in [-0.05, 0) is 31.5 Å². The van der Waals surface area contributed by atoms with E-state index in [0.717, 1.165) is 31.7 Å². The number of anilines is 1. The number of carbonyl (C=O) groups is 2. The van der Waals surface area contributed by atoms with Crippen molar-refractivity contribution in [1.82, 2.24) is 15.1 Å². The molecular formula is C23H29ClN4O2. The Morgan fingerprint density at radius 1 is 0.967 bits per heavy atom. The van der Waals surface area contributed by atoms with Crippen molar-refractivity contribution in [2.45, 2.75) is 25.9 Å². The van der Waals surface area contributed by atoms with Gasteiger partial charge in [-0.15, -0.1) is 0 Å². The van der Waals surface area contributed by atoms with Gasteiger partial charge >= 0.3 is 0 Å². The van der Waals surface area contributed by atoms with Gasteiger partial charge in [0.15, 0.2) is 0 Å². The highest BCUT2D eigenvalue weighted by Crippen LogP contribution is 2.20. The molecule has 1 fully saturated rings. The van der Waals surface area contributed by atoms with Crippen LogP contribution in [0.25, 0.3) is 0 Å². The van der Waals surface area contributed by atoms with Crippen LogP contribution in [0.1, 0.15) is 25.5 Å². The Morgan fingerprint density at radius 2 is 1.60 bits per heavy atom. The fourth-order valence-corrected chi connectivity index (χ4v) is 3.77. The molecule has 0 unspecified atom stereocenters. The second-order valence-corrected chi connectivity index (χ2v) is 8.06. The van der Waals surface area contributed by atoms with Crippen LogP contribution in [0.4, 0.5) is 5.69 Å². The summed E-state index contributed by atoms with van der Waals surface area (Å²) in [4.78, 5) is 29.3. The van der Waals surface area contributed by atoms with E-state index in [1.807, 2.05) is 56.3 Å². The highest BCUT2D eigenvalue weighted by atomic mass is 35.5. The van der Waals surface area contributed by atoms with Crippen molar-refractivity contribution < 1.29 is 9.59 Å². The van der Waals surface area contributed by atoms with Gasteiger partial charge < -0.3 is 10.6 Å². The molecule has 1 aliphatic rings. The number of nitrogens with one attached hydrogen (secondary N) is 2. The summed E-state index contributed by atoms with van der Waals surface area (Å²) in [6, 6.07) is 16.9. The van der Waals surface area contributed by atoms with E-state index < -0.39 is 0 Å². The molecule has 2 aromatic rings. The van der Waals surface area contributed by atoms with E-state index in [-0.39, 0.29) is 23.9 Å². The molecule has 2 amide bonds. The number of rotatable bonds is 7. The molecule has 1 aliphatic heterocycles. The quantitative estimate of drug-likeness (QED) is 0.711. The molecule has 7 heteroatoms. The second-order valence-electron chi connectivity index (χ2n) is 7.66. The van der Waals surface area contributed by atoms with Crippen LogP contribution >= 0.6 is 11.6 Å². The zero-order chi connectivity index (χ0) is 21.5. The maximum Gasteiger partial charge on any atom is 0.238 e. The second kappa shape index (κ2) is 10.6. The summed E-state index contributed by atoms with van der Waals surface area (Å²) in [7, 11) is 0. The third-order valence-corrected chi connectivity index (χ3v) is 5.84. The van der Waals surface area contributed by atoms with Crippen LogP contribution in [-0.4, -0.2) is 60.4 Å². The molecule has 6 nitrogen and oxygen atoms in total. The Morgan fingerprint density at radius 3 is 2.27 bits per heavy atom. The van der Waals surface area contributed by atoms with Crippen molar-refractivity contribution >= 4 is 29.1 Å². The molecule has 30 heavy (non-hydrogen) atoms. The average Bonchev–Trinajstić information content (AvgIpc) is 2.76. The van der Waals surface area contributed by atoms with Gasteiger partial charge in [0.2, 0.25) is 11.8 Å². The molecule has 2 aromatic carbocycles. The van der Waals surface area contributed by atoms with Crippen LogP contribution in [0.2, 0.25) is 5.02 Å². The van der Waals surface area contributed by atoms with Gasteiger partial charge in [0.05, 0.1) is 29.3 Å². The first-order valence-corrected chi connectivity index (χ1v) is 10.7. The SMILES string of the molecule is C[C@@H](NC(=O)[C@H](C)N1CCN(CC(=O)Nc2ccccc2Cl)CC1)c1ccccc1. The van der Waals surface area contributed by atoms with Crippen LogP contribution in [0, 0.1) is 0 Å². The lowest BCUT2D eigenvalue weighted by Crippen LogP contribution is -2.55. The largest absolute Gasteiger partial charge is 0.348 e. The van der Waals surface area contributed by atoms with E-state index in [2.05, 4.69) is 20.4 Å². The number of benzene rings is 2. The Balaban J connectivity index is 1.43. The number of nitrogens with zero attached hydrogens (tertiary/aromatic N) is 2. The maximum absolute atomic E-state index is 12.7. The number of para-hydroxylation sites is 1. The van der Waals surface area contributed by atoms with Gasteiger partial charge in [0, 0.05) is 26.2 Å². The standard InChI is InChI=1S/C23H29ClN4O2/c1-17(19-8-4-3-5-9-19)25-23(30)18(2)28-14-12-27(13-15-28)16-22(29)26-21-11-7-6-10-20(21)24/h3-11,17-18H,12-16H2,1-2H3,(H,25,30)(H,26,29)/t17-,18+/m1/s1. The lowest BCUT2D eigenvalue weighted by atomic mass is 10.1. The summed E-state index contributed by atoms with van der Waals surface area (Å²) < 4.78 is 0. The molecule has 0 saturated carbocycles. The van der Waals surface area contributed by atoms with Gasteiger partial charge in [0.1, 0.15) is 0 Å². The smallest absolute Gasteiger partial charge is 0.238 e. The van der Waals surface area contributed by atoms with E-state index in [4.69, 9.17) is 11.6 Å². The molecule has 160 valence electrons. The van der Waals surface area contributed by atoms with Crippen LogP contribution in [-0.2, 0) is 9.59 Å². The normalized spacial score (nSPS) is 17.2. The first-order valence-electron chi connectivity index (χ1n) is 10.3. The third kappa shape index (κ3) is 6.05. The molecule has 3 rings (SSSR count). The van der Waals surface area contributed by atoms with Crippen LogP contribution in [0.15, 0.2) is 54.6 Å². The molecule has 0 aliphatic carbocycles. The number of hydrogen-bond donors (Lipinski definition) is 2. The molecule has 0 radical (unpaired) electrons. The van der Waals surface area contributed by atoms with E-state index in [1.165, 1.54) is 0 Å². The number of carbonyl (C=O) groups excluding carboxylic acids is 2. The van der Waals surface area contributed by atoms with E-state index in [9.17, 15) is 9.59 Å². The zero-order valence-corrected chi connectivity index (χ0v) is 18.2. The van der Waals surface area contributed by atoms with Crippen molar-refractivity contribution in [2.24, 2.45) is 0 Å². The fraction of sp³-hybridized carbons (Fsp3) is 0.391. The number of halogens is 1. The van der Waals surface area contributed by atoms with Gasteiger partial charge in [-0.1, -0.05) is 54.1 Å². The molecule has 0 aromatic heterocycles. The van der Waals surface area contributed by atoms with Gasteiger partial charge in [0.25, 0.3) is 0 Å². The topological polar surface area (TPSA) is 64.7 Å². The first kappa shape index (κ1) is 22.3. The Labute approximate surface area is 183 Å². The molecule has 1 heterocycles. The summed E-state index contributed by atoms with van der Waals surface area (Å²) >= 11 is 6.10. The third-order valence-electron chi connectivity index (χ3n) is 5.51. The zero-order valence-electron chi connectivity index (χ0n) is 17.5. The van der Waals surface area contributed by atoms with Crippen molar-refractivity contribution in [3.8, 4) is 0 Å². The Hall–Kier alpha value is -2.41. The van der Waals surface area contributed by atoms with Crippen LogP contribution < -0.4 is 10.6 Å². The summed E-state index contributed by atoms with van der Waals surface area (Å²) in [5.41, 5.74) is 1.72. The van der Waals surface area contributed by atoms with Crippen LogP contribution in [0.3, 0.4) is 0 Å². The highest BCUT2D eigenvalue weighted by molar-refractivity contribution is 6.33. The minimum atomic E-state index is -0.213. The summed E-state index contributed by atoms with van der Waals surface area (Å²) in [5, 5.41) is 6.48. The summed E-state index contributed by atoms with van der Waals surface area (Å²) in [6.45, 7) is 7.21. The van der Waals surface area contributed by atoms with E-state index in [0.29, 0.717) is 17.3 Å². The van der Waals surface area contributed by atoms with Crippen LogP contribution in [0.5, 0.6) is 0 Å². The first-order chi connectivity index (χ1) is 14.4. The molecule has 0 spiro atoms. The Kier molecular flexibility index (Phi) is 7.85. The minimum Gasteiger partial charge on any atom is -0.348 e. The fourth-order valence-electron chi connectivity index (χ4n) is 3.59. The summed E-state index contributed by atoms with van der Waals surface area (Å²) in [5.74, 6) is -0.0599. The van der Waals surface area contributed by atoms with Crippen molar-refractivity contribution in [3.05, 3.63) is 65.2 Å². The molecule has 2 atom stereocenters. The monoisotopic (exact) mass is 428 g/mol. The highest BCUT2D eigenvalue weighted by Gasteiger charge is 2.27. The molecule has 2 N–H and O–H groups in total. The van der Waals surface area contributed by atoms with Gasteiger partial charge in [-0.2, -0.15) is 0 Å². The van der Waals surface area contributed by atoms with Gasteiger partial charge in [-0.3, -0.25) is 19.4 Å². The summed E-state index contributed by atoms with van der Waals surface area (Å²) in [6.07, 6.45) is 0. The maximum atomic E-state index is 12.7. The van der Waals surface area contributed by atoms with Gasteiger partial charge in [-0.25, -0.2) is 0 Å². The predicted molar refractivity (Wildman–Crippen MR) is 121 cm³/mol. The van der Waals surface area contributed by atoms with Crippen molar-refractivity contribution in [3.63, 3.8) is 0 Å². The number of piperazine rings is 1. The van der Waals surface area contributed by atoms with E-state index >= 15 is 0 Å². The number of hydrogen-bond acceptors (Lipinski definition) is 4. The van der Waals surface area contributed by atoms with Crippen molar-refractivity contribution in [1.29, 1.82) is 0 Å². The molecule has 0 bridgehead atoms. The number of amides is 2. The van der Waals surface area contributed by atoms with Crippen molar-refractivity contribution in [2.75, 3.05) is 38.0 Å². The average molecular weight is 429 g/mol. The molecule has 1 saturated heterocycles. The lowest BCUT2D eigenvalue weighted by Gasteiger charge is -2.37. The molecular weight excluding hydrogens is 400 g/mol. The Bertz CT molecular complexity index is 853. The lowest BCUT2D eigenvalue weighted by molar-refractivity contribution is -0.127.